The van der Waals surface area contributed by atoms with Crippen molar-refractivity contribution in [3.63, 3.8) is 0 Å². The number of ether oxygens (including phenoxy) is 1. The summed E-state index contributed by atoms with van der Waals surface area (Å²) in [5.41, 5.74) is 5.14. The van der Waals surface area contributed by atoms with Gasteiger partial charge in [-0.15, -0.1) is 0 Å². The van der Waals surface area contributed by atoms with Crippen LogP contribution in [0.1, 0.15) is 72.3 Å². The molecule has 0 bridgehead atoms. The molecule has 5 unspecified atom stereocenters. The summed E-state index contributed by atoms with van der Waals surface area (Å²) in [5.74, 6) is -2.38. The van der Waals surface area contributed by atoms with Gasteiger partial charge < -0.3 is 30.1 Å². The van der Waals surface area contributed by atoms with E-state index < -0.39 is 42.2 Å². The molecule has 0 saturated carbocycles. The van der Waals surface area contributed by atoms with Crippen LogP contribution in [-0.4, -0.2) is 109 Å². The molecule has 318 valence electrons. The van der Waals surface area contributed by atoms with Crippen LogP contribution >= 0.6 is 0 Å². The zero-order valence-corrected chi connectivity index (χ0v) is 35.2. The van der Waals surface area contributed by atoms with E-state index in [1.54, 1.807) is 57.4 Å². The van der Waals surface area contributed by atoms with Gasteiger partial charge in [-0.25, -0.2) is 10.5 Å². The number of aliphatic hydroxyl groups is 1. The number of ketones is 1. The van der Waals surface area contributed by atoms with E-state index in [9.17, 15) is 33.9 Å². The molecule has 2 rings (SSSR count). The normalized spacial score (nSPS) is 17.9. The van der Waals surface area contributed by atoms with Crippen LogP contribution in [0.2, 0.25) is 0 Å². The number of allylic oxidation sites excluding steroid dienone is 6. The van der Waals surface area contributed by atoms with Crippen molar-refractivity contribution in [2.75, 3.05) is 27.7 Å². The smallest absolute Gasteiger partial charge is 0.325 e. The summed E-state index contributed by atoms with van der Waals surface area (Å²) in [4.78, 5) is 81.0. The minimum Gasteiger partial charge on any atom is -0.456 e. The highest BCUT2D eigenvalue weighted by Gasteiger charge is 2.35. The van der Waals surface area contributed by atoms with Gasteiger partial charge in [0.05, 0.1) is 19.3 Å². The summed E-state index contributed by atoms with van der Waals surface area (Å²) in [6.07, 6.45) is 14.0. The van der Waals surface area contributed by atoms with Crippen LogP contribution in [0.4, 0.5) is 0 Å². The van der Waals surface area contributed by atoms with E-state index in [-0.39, 0.29) is 55.1 Å². The summed E-state index contributed by atoms with van der Waals surface area (Å²) in [7, 11) is 4.56. The highest BCUT2D eigenvalue weighted by molar-refractivity contribution is 5.90. The predicted molar refractivity (Wildman–Crippen MR) is 222 cm³/mol. The fourth-order valence-electron chi connectivity index (χ4n) is 6.17. The zero-order chi connectivity index (χ0) is 43.2. The SMILES string of the molecule is CNC(C(=O)NC(Cc1ccccc1)C(=O)N1CCCC(C(=O)O[C@@H](C/C=C/C=C/C=C(\C)C(O)C(C=O)CCC(C)=O)/C(C)=C/C=C/C(=O)N(C)OC)N1)C(C)C. The molecule has 4 N–H and O–H groups in total. The van der Waals surface area contributed by atoms with E-state index in [1.807, 2.05) is 44.2 Å². The van der Waals surface area contributed by atoms with Crippen molar-refractivity contribution in [3.05, 3.63) is 95.6 Å². The molecule has 6 atom stereocenters. The second-order valence-electron chi connectivity index (χ2n) is 14.7. The molecule has 0 spiro atoms. The van der Waals surface area contributed by atoms with Crippen molar-refractivity contribution in [2.24, 2.45) is 11.8 Å². The molecule has 3 amide bonds. The molecular weight excluding hydrogens is 743 g/mol. The monoisotopic (exact) mass is 805 g/mol. The highest BCUT2D eigenvalue weighted by atomic mass is 16.7. The number of nitrogens with zero attached hydrogens (tertiary/aromatic N) is 2. The lowest BCUT2D eigenvalue weighted by Gasteiger charge is -2.36. The predicted octanol–water partition coefficient (Wildman–Crippen LogP) is 3.88. The number of likely N-dealkylation sites (N-methyl/N-ethyl adjacent to an activating group) is 2. The lowest BCUT2D eigenvalue weighted by molar-refractivity contribution is -0.162. The molecule has 14 nitrogen and oxygen atoms in total. The van der Waals surface area contributed by atoms with Gasteiger partial charge in [-0.05, 0) is 69.7 Å². The Kier molecular flexibility index (Phi) is 22.1. The van der Waals surface area contributed by atoms with Gasteiger partial charge in [0, 0.05) is 44.8 Å². The number of Topliss-reactive ketones (excluding diaryl/α,β-unsaturated/α-hetero) is 1. The summed E-state index contributed by atoms with van der Waals surface area (Å²) in [6, 6.07) is 7.16. The average Bonchev–Trinajstić information content (AvgIpc) is 3.20. The molecule has 14 heteroatoms. The van der Waals surface area contributed by atoms with E-state index >= 15 is 0 Å². The lowest BCUT2D eigenvalue weighted by atomic mass is 9.92. The number of carbonyl (C=O) groups is 6. The minimum absolute atomic E-state index is 0.0175. The maximum absolute atomic E-state index is 14.0. The third-order valence-corrected chi connectivity index (χ3v) is 9.79. The number of benzene rings is 1. The Hall–Kier alpha value is -5.02. The number of rotatable bonds is 23. The maximum atomic E-state index is 14.0. The van der Waals surface area contributed by atoms with Gasteiger partial charge in [-0.2, -0.15) is 0 Å². The number of aldehydes is 1. The second kappa shape index (κ2) is 26.1. The average molecular weight is 806 g/mol. The first-order valence-corrected chi connectivity index (χ1v) is 19.7. The zero-order valence-electron chi connectivity index (χ0n) is 35.2. The number of esters is 1. The number of hydrazine groups is 1. The summed E-state index contributed by atoms with van der Waals surface area (Å²) < 4.78 is 6.04. The number of amides is 3. The number of carbonyl (C=O) groups excluding carboxylic acids is 6. The summed E-state index contributed by atoms with van der Waals surface area (Å²) in [6.45, 7) is 9.09. The summed E-state index contributed by atoms with van der Waals surface area (Å²) >= 11 is 0. The van der Waals surface area contributed by atoms with Crippen molar-refractivity contribution < 1.29 is 43.4 Å². The minimum atomic E-state index is -1.02. The van der Waals surface area contributed by atoms with Crippen LogP contribution in [0.15, 0.2) is 90.1 Å². The van der Waals surface area contributed by atoms with Gasteiger partial charge in [0.1, 0.15) is 30.3 Å². The first kappa shape index (κ1) is 49.1. The first-order chi connectivity index (χ1) is 27.6. The van der Waals surface area contributed by atoms with Gasteiger partial charge >= 0.3 is 5.97 Å². The standard InChI is InChI=1S/C44H63N5O9/c1-30(2)40(45-6)42(54)46-37(28-34-20-13-11-14-21-34)43(55)49-27-17-22-36(47-49)44(56)58-38(31(3)19-16-24-39(52)48(7)57-8)23-15-10-9-12-18-32(4)41(53)35(29-50)26-25-33(5)51/h9-16,18-21,24,29-30,35-38,40-41,45,47,53H,17,22-23,25-28H2,1-8H3,(H,46,54)/b12-9+,15-10+,24-16+,31-19+,32-18+/t35?,36?,37?,38-,40?,41?/m0/s1. The summed E-state index contributed by atoms with van der Waals surface area (Å²) in [5, 5.41) is 19.0. The molecule has 1 aromatic rings. The van der Waals surface area contributed by atoms with Crippen LogP contribution in [0.5, 0.6) is 0 Å². The number of nitrogens with one attached hydrogen (secondary N) is 3. The number of hydroxylamine groups is 2. The van der Waals surface area contributed by atoms with Gasteiger partial charge in [0.25, 0.3) is 11.8 Å². The molecule has 1 aromatic carbocycles. The molecule has 1 heterocycles. The Balaban J connectivity index is 2.25. The molecule has 0 aliphatic carbocycles. The van der Waals surface area contributed by atoms with Crippen LogP contribution in [0, 0.1) is 11.8 Å². The van der Waals surface area contributed by atoms with Crippen LogP contribution < -0.4 is 16.1 Å². The number of aliphatic hydroxyl groups excluding tert-OH is 1. The molecule has 0 aromatic heterocycles. The molecule has 1 aliphatic heterocycles. The largest absolute Gasteiger partial charge is 0.456 e. The molecule has 0 radical (unpaired) electrons. The van der Waals surface area contributed by atoms with Crippen molar-refractivity contribution in [1.29, 1.82) is 0 Å². The number of hydrogen-bond donors (Lipinski definition) is 4. The molecule has 1 saturated heterocycles. The van der Waals surface area contributed by atoms with E-state index in [0.717, 1.165) is 10.6 Å². The topological polar surface area (TPSA) is 184 Å². The highest BCUT2D eigenvalue weighted by Crippen LogP contribution is 2.19. The van der Waals surface area contributed by atoms with Crippen molar-refractivity contribution in [1.82, 2.24) is 26.1 Å². The third-order valence-electron chi connectivity index (χ3n) is 9.79. The van der Waals surface area contributed by atoms with Gasteiger partial charge in [-0.1, -0.05) is 86.7 Å². The van der Waals surface area contributed by atoms with Crippen molar-refractivity contribution >= 4 is 35.8 Å². The fraction of sp³-hybridized carbons (Fsp3) is 0.500. The van der Waals surface area contributed by atoms with E-state index in [0.29, 0.717) is 36.8 Å². The second-order valence-corrected chi connectivity index (χ2v) is 14.7. The Morgan fingerprint density at radius 2 is 1.71 bits per heavy atom. The molecule has 1 fully saturated rings. The van der Waals surface area contributed by atoms with E-state index in [4.69, 9.17) is 9.57 Å². The Bertz CT molecular complexity index is 1670. The Labute approximate surface area is 343 Å². The van der Waals surface area contributed by atoms with Gasteiger partial charge in [-0.3, -0.25) is 29.0 Å². The van der Waals surface area contributed by atoms with Crippen LogP contribution in [0.25, 0.3) is 0 Å². The van der Waals surface area contributed by atoms with Crippen molar-refractivity contribution in [3.8, 4) is 0 Å². The van der Waals surface area contributed by atoms with E-state index in [2.05, 4.69) is 16.1 Å². The fourth-order valence-corrected chi connectivity index (χ4v) is 6.17. The molecular formula is C44H63N5O9. The third kappa shape index (κ3) is 16.8. The van der Waals surface area contributed by atoms with Gasteiger partial charge in [0.2, 0.25) is 5.91 Å². The Morgan fingerprint density at radius 3 is 2.33 bits per heavy atom. The van der Waals surface area contributed by atoms with Gasteiger partial charge in [0.15, 0.2) is 0 Å². The number of hydrogen-bond acceptors (Lipinski definition) is 11. The molecule has 58 heavy (non-hydrogen) atoms. The Morgan fingerprint density at radius 1 is 1.02 bits per heavy atom. The first-order valence-electron chi connectivity index (χ1n) is 19.7. The van der Waals surface area contributed by atoms with Crippen molar-refractivity contribution in [2.45, 2.75) is 103 Å². The lowest BCUT2D eigenvalue weighted by Crippen LogP contribution is -2.61. The molecule has 1 aliphatic rings. The van der Waals surface area contributed by atoms with Crippen LogP contribution in [-0.2, 0) is 44.8 Å². The quantitative estimate of drug-likeness (QED) is 0.0414. The van der Waals surface area contributed by atoms with E-state index in [1.165, 1.54) is 38.2 Å². The maximum Gasteiger partial charge on any atom is 0.325 e. The van der Waals surface area contributed by atoms with Crippen LogP contribution in [0.3, 0.4) is 0 Å².